The molecular formula is C25H25N5O22. The van der Waals surface area contributed by atoms with E-state index in [9.17, 15) is 106 Å². The summed E-state index contributed by atoms with van der Waals surface area (Å²) in [5.74, 6) is -44.1. The van der Waals surface area contributed by atoms with E-state index in [1.54, 1.807) is 0 Å². The Morgan fingerprint density at radius 3 is 1.58 bits per heavy atom. The van der Waals surface area contributed by atoms with Crippen LogP contribution in [0.3, 0.4) is 0 Å². The van der Waals surface area contributed by atoms with E-state index in [0.717, 1.165) is 7.11 Å². The summed E-state index contributed by atoms with van der Waals surface area (Å²) < 4.78 is 4.48. The van der Waals surface area contributed by atoms with Gasteiger partial charge in [-0.1, -0.05) is 0 Å². The second-order valence-corrected chi connectivity index (χ2v) is 11.2. The van der Waals surface area contributed by atoms with Crippen molar-refractivity contribution in [3.8, 4) is 57.4 Å². The van der Waals surface area contributed by atoms with Gasteiger partial charge in [-0.25, -0.2) is 9.58 Å². The molecule has 27 nitrogen and oxygen atoms in total. The highest BCUT2D eigenvalue weighted by Crippen LogP contribution is 2.60. The number of methoxy groups -OCH3 is 1. The van der Waals surface area contributed by atoms with Crippen molar-refractivity contribution in [1.82, 2.24) is 9.78 Å². The van der Waals surface area contributed by atoms with Crippen LogP contribution in [0.4, 0.5) is 11.4 Å². The number of nitrogens with two attached hydrogens (primary N) is 1. The number of phenolic OH excluding ortho intramolecular Hbond substituents is 8. The molecule has 1 fully saturated rings. The quantitative estimate of drug-likeness (QED) is 0.0654. The van der Waals surface area contributed by atoms with Crippen LogP contribution in [-0.4, -0.2) is 156 Å². The molecule has 0 radical (unpaired) electrons. The van der Waals surface area contributed by atoms with E-state index in [-0.39, 0.29) is 4.68 Å². The Hall–Kier alpha value is -6.14. The molecule has 0 bridgehead atoms. The van der Waals surface area contributed by atoms with Crippen LogP contribution in [0.15, 0.2) is 0 Å². The van der Waals surface area contributed by atoms with E-state index >= 15 is 0 Å². The predicted octanol–water partition coefficient (Wildman–Crippen LogP) is -7.55. The smallest absolute Gasteiger partial charge is 0.315 e. The van der Waals surface area contributed by atoms with Gasteiger partial charge < -0.3 is 102 Å². The lowest BCUT2D eigenvalue weighted by molar-refractivity contribution is -0.440. The third kappa shape index (κ3) is 4.24. The summed E-state index contributed by atoms with van der Waals surface area (Å²) in [4.78, 5) is 37.9. The van der Waals surface area contributed by atoms with Crippen molar-refractivity contribution in [2.75, 3.05) is 23.5 Å². The van der Waals surface area contributed by atoms with Gasteiger partial charge >= 0.3 is 11.7 Å². The van der Waals surface area contributed by atoms with Crippen LogP contribution in [0.2, 0.25) is 0 Å². The number of ether oxygens (including phenoxy) is 1. The number of aliphatic hydroxyl groups is 10. The standard InChI is InChI=1S/C25H25N5O22/c1-52-17-15(37)13(35)8(14(36)16(17)38)30-5-3(4(27-30)18(26)39)22(44,45)25(50,51)29(19(5)40)7-11(33)9(31)6(10(32)12(7)34)28-2-21(42,43)24(48,49)23(46,47)20(28)41/h31-38,42-51H,2H2,1H3,(H2,26,39). The summed E-state index contributed by atoms with van der Waals surface area (Å²) in [6.45, 7) is -1.93. The number of phenols is 8. The van der Waals surface area contributed by atoms with E-state index in [4.69, 9.17) is 5.73 Å². The second-order valence-electron chi connectivity index (χ2n) is 11.2. The summed E-state index contributed by atoms with van der Waals surface area (Å²) in [6.07, 6.45) is 0. The molecule has 2 aromatic carbocycles. The highest BCUT2D eigenvalue weighted by Gasteiger charge is 2.71. The summed E-state index contributed by atoms with van der Waals surface area (Å²) in [6, 6.07) is 0. The van der Waals surface area contributed by atoms with Crippen LogP contribution in [0.25, 0.3) is 5.69 Å². The Kier molecular flexibility index (Phi) is 7.63. The minimum atomic E-state index is -4.72. The Balaban J connectivity index is 1.84. The monoisotopic (exact) mass is 747 g/mol. The number of amides is 3. The van der Waals surface area contributed by atoms with Crippen LogP contribution in [0.1, 0.15) is 26.5 Å². The minimum Gasteiger partial charge on any atom is -0.503 e. The van der Waals surface area contributed by atoms with Gasteiger partial charge in [0.1, 0.15) is 17.1 Å². The number of carbonyl (C=O) groups is 3. The van der Waals surface area contributed by atoms with Crippen molar-refractivity contribution in [2.45, 2.75) is 29.1 Å². The molecule has 5 rings (SSSR count). The molecule has 3 aromatic rings. The van der Waals surface area contributed by atoms with Gasteiger partial charge in [0.15, 0.2) is 45.9 Å². The van der Waals surface area contributed by atoms with Crippen LogP contribution >= 0.6 is 0 Å². The zero-order chi connectivity index (χ0) is 39.7. The maximum atomic E-state index is 14.1. The van der Waals surface area contributed by atoms with E-state index in [0.29, 0.717) is 0 Å². The Morgan fingerprint density at radius 2 is 1.13 bits per heavy atom. The number of hydrogen-bond donors (Lipinski definition) is 19. The lowest BCUT2D eigenvalue weighted by atomic mass is 9.89. The maximum Gasteiger partial charge on any atom is 0.315 e. The van der Waals surface area contributed by atoms with E-state index < -0.39 is 149 Å². The molecule has 0 atom stereocenters. The number of aromatic hydroxyl groups is 8. The van der Waals surface area contributed by atoms with Gasteiger partial charge in [0.2, 0.25) is 23.0 Å². The van der Waals surface area contributed by atoms with Crippen LogP contribution < -0.4 is 20.3 Å². The number of carbonyl (C=O) groups excluding carboxylic acids is 3. The number of β-amino-alcohol motifs (C(OH)–C–C–N with tert-alkyl or cyclic N) is 2. The van der Waals surface area contributed by atoms with Crippen LogP contribution in [-0.2, 0) is 10.6 Å². The van der Waals surface area contributed by atoms with Crippen LogP contribution in [0.5, 0.6) is 51.7 Å². The SMILES string of the molecule is COc1c(O)c(O)c(-n2nc(C(N)=O)c3c2C(=O)N(c2c(O)c(O)c(N4CC(O)(O)C(O)(O)C(O)(O)C4=O)c(O)c2O)C(O)(O)C3(O)O)c(O)c1O. The van der Waals surface area contributed by atoms with Crippen molar-refractivity contribution in [2.24, 2.45) is 5.73 Å². The van der Waals surface area contributed by atoms with Crippen LogP contribution in [0, 0.1) is 0 Å². The molecule has 0 saturated carbocycles. The van der Waals surface area contributed by atoms with Crippen molar-refractivity contribution < 1.29 is 111 Å². The average molecular weight is 747 g/mol. The fourth-order valence-corrected chi connectivity index (χ4v) is 5.51. The van der Waals surface area contributed by atoms with Crippen molar-refractivity contribution in [3.05, 3.63) is 17.0 Å². The minimum absolute atomic E-state index is 0.153. The normalized spacial score (nSPS) is 19.8. The molecule has 0 spiro atoms. The molecule has 282 valence electrons. The van der Waals surface area contributed by atoms with Crippen molar-refractivity contribution in [3.63, 3.8) is 0 Å². The van der Waals surface area contributed by atoms with E-state index in [1.165, 1.54) is 0 Å². The maximum absolute atomic E-state index is 14.1. The number of benzene rings is 2. The number of primary amides is 1. The predicted molar refractivity (Wildman–Crippen MR) is 152 cm³/mol. The second kappa shape index (κ2) is 10.7. The Bertz CT molecular complexity index is 2060. The number of anilines is 2. The molecule has 3 amide bonds. The number of aromatic nitrogens is 2. The molecule has 1 saturated heterocycles. The third-order valence-electron chi connectivity index (χ3n) is 8.20. The molecule has 0 aliphatic carbocycles. The molecular weight excluding hydrogens is 722 g/mol. The first-order chi connectivity index (χ1) is 23.6. The first kappa shape index (κ1) is 37.1. The summed E-state index contributed by atoms with van der Waals surface area (Å²) >= 11 is 0. The number of hydrogen-bond acceptors (Lipinski definition) is 23. The third-order valence-corrected chi connectivity index (χ3v) is 8.20. The summed E-state index contributed by atoms with van der Waals surface area (Å²) in [7, 11) is 0.834. The largest absolute Gasteiger partial charge is 0.503 e. The zero-order valence-corrected chi connectivity index (χ0v) is 25.3. The van der Waals surface area contributed by atoms with Gasteiger partial charge in [-0.2, -0.15) is 5.10 Å². The first-order valence-corrected chi connectivity index (χ1v) is 13.4. The van der Waals surface area contributed by atoms with Gasteiger partial charge in [-0.3, -0.25) is 19.3 Å². The van der Waals surface area contributed by atoms with E-state index in [2.05, 4.69) is 9.84 Å². The molecule has 27 heteroatoms. The number of nitrogens with zero attached hydrogens (tertiary/aromatic N) is 4. The zero-order valence-electron chi connectivity index (χ0n) is 25.3. The molecule has 1 aromatic heterocycles. The molecule has 0 unspecified atom stereocenters. The molecule has 3 heterocycles. The average Bonchev–Trinajstić information content (AvgIpc) is 3.44. The fraction of sp³-hybridized carbons (Fsp3) is 0.280. The van der Waals surface area contributed by atoms with Gasteiger partial charge in [0, 0.05) is 0 Å². The summed E-state index contributed by atoms with van der Waals surface area (Å²) in [5.41, 5.74) is -4.68. The first-order valence-electron chi connectivity index (χ1n) is 13.4. The fourth-order valence-electron chi connectivity index (χ4n) is 5.51. The Labute approximate surface area is 283 Å². The lowest BCUT2D eigenvalue weighted by Gasteiger charge is -2.49. The van der Waals surface area contributed by atoms with Gasteiger partial charge in [0.25, 0.3) is 29.3 Å². The van der Waals surface area contributed by atoms with Gasteiger partial charge in [0.05, 0.1) is 19.2 Å². The number of piperidine rings is 1. The molecule has 2 aliphatic heterocycles. The molecule has 20 N–H and O–H groups in total. The summed E-state index contributed by atoms with van der Waals surface area (Å²) in [5, 5.41) is 193. The van der Waals surface area contributed by atoms with E-state index in [1.807, 2.05) is 0 Å². The number of fused-ring (bicyclic) bond motifs is 1. The molecule has 2 aliphatic rings. The number of rotatable bonds is 5. The van der Waals surface area contributed by atoms with Crippen molar-refractivity contribution >= 4 is 29.1 Å². The molecule has 52 heavy (non-hydrogen) atoms. The van der Waals surface area contributed by atoms with Gasteiger partial charge in [-0.05, 0) is 0 Å². The Morgan fingerprint density at radius 1 is 0.692 bits per heavy atom. The highest BCUT2D eigenvalue weighted by molar-refractivity contribution is 6.14. The topological polar surface area (TPSA) is 475 Å². The highest BCUT2D eigenvalue weighted by atomic mass is 16.7. The lowest BCUT2D eigenvalue weighted by Crippen LogP contribution is -2.80. The van der Waals surface area contributed by atoms with Crippen molar-refractivity contribution in [1.29, 1.82) is 0 Å². The van der Waals surface area contributed by atoms with Gasteiger partial charge in [-0.15, -0.1) is 0 Å².